The fourth-order valence-electron chi connectivity index (χ4n) is 2.45. The summed E-state index contributed by atoms with van der Waals surface area (Å²) in [5.74, 6) is 0.818. The van der Waals surface area contributed by atoms with Crippen molar-refractivity contribution in [3.63, 3.8) is 0 Å². The largest absolute Gasteiger partial charge is 0.326 e. The second-order valence-electron chi connectivity index (χ2n) is 5.85. The van der Waals surface area contributed by atoms with E-state index >= 15 is 0 Å². The van der Waals surface area contributed by atoms with Gasteiger partial charge in [-0.1, -0.05) is 57.2 Å². The van der Waals surface area contributed by atoms with Gasteiger partial charge in [0.05, 0.1) is 0 Å². The predicted octanol–water partition coefficient (Wildman–Crippen LogP) is 4.92. The Hall–Kier alpha value is -2.09. The Labute approximate surface area is 127 Å². The number of hydrogen-bond acceptors (Lipinski definition) is 1. The molecule has 2 aromatic carbocycles. The van der Waals surface area contributed by atoms with Gasteiger partial charge < -0.3 is 5.32 Å². The fourth-order valence-corrected chi connectivity index (χ4v) is 2.45. The minimum atomic E-state index is -0.0407. The lowest BCUT2D eigenvalue weighted by Crippen LogP contribution is -2.06. The van der Waals surface area contributed by atoms with Crippen molar-refractivity contribution in [1.82, 2.24) is 0 Å². The van der Waals surface area contributed by atoms with Gasteiger partial charge in [-0.25, -0.2) is 0 Å². The molecule has 21 heavy (non-hydrogen) atoms. The summed E-state index contributed by atoms with van der Waals surface area (Å²) in [5.41, 5.74) is 4.71. The van der Waals surface area contributed by atoms with Crippen molar-refractivity contribution in [1.29, 1.82) is 0 Å². The third-order valence-corrected chi connectivity index (χ3v) is 3.81. The third-order valence-electron chi connectivity index (χ3n) is 3.81. The number of carbonyl (C=O) groups is 1. The highest BCUT2D eigenvalue weighted by atomic mass is 16.1. The van der Waals surface area contributed by atoms with Crippen LogP contribution in [0.2, 0.25) is 0 Å². The molecular weight excluding hydrogens is 258 g/mol. The summed E-state index contributed by atoms with van der Waals surface area (Å²) in [6, 6.07) is 16.9. The summed E-state index contributed by atoms with van der Waals surface area (Å²) in [4.78, 5) is 11.2. The molecule has 0 bridgehead atoms. The monoisotopic (exact) mass is 281 g/mol. The van der Waals surface area contributed by atoms with E-state index in [0.29, 0.717) is 11.8 Å². The second-order valence-corrected chi connectivity index (χ2v) is 5.85. The van der Waals surface area contributed by atoms with Crippen molar-refractivity contribution in [3.05, 3.63) is 65.2 Å². The Morgan fingerprint density at radius 2 is 1.52 bits per heavy atom. The maximum Gasteiger partial charge on any atom is 0.221 e. The molecule has 1 N–H and O–H groups in total. The standard InChI is InChI=1S/C19H23NO/c1-13(2)16-8-10-17(11-9-16)14(3)18-6-5-7-19(12-18)20-15(4)21/h5-14H,1-4H3,(H,20,21). The first-order valence-corrected chi connectivity index (χ1v) is 7.44. The molecule has 110 valence electrons. The summed E-state index contributed by atoms with van der Waals surface area (Å²) in [7, 11) is 0. The third kappa shape index (κ3) is 3.94. The van der Waals surface area contributed by atoms with Crippen molar-refractivity contribution in [3.8, 4) is 0 Å². The lowest BCUT2D eigenvalue weighted by molar-refractivity contribution is -0.114. The summed E-state index contributed by atoms with van der Waals surface area (Å²) in [6.07, 6.45) is 0. The van der Waals surface area contributed by atoms with Gasteiger partial charge in [-0.3, -0.25) is 4.79 Å². The van der Waals surface area contributed by atoms with Gasteiger partial charge >= 0.3 is 0 Å². The maximum atomic E-state index is 11.2. The highest BCUT2D eigenvalue weighted by Crippen LogP contribution is 2.27. The molecule has 2 aromatic rings. The van der Waals surface area contributed by atoms with Gasteiger partial charge in [-0.05, 0) is 34.7 Å². The molecule has 0 fully saturated rings. The summed E-state index contributed by atoms with van der Waals surface area (Å²) >= 11 is 0. The van der Waals surface area contributed by atoms with Crippen LogP contribution in [0.3, 0.4) is 0 Å². The minimum absolute atomic E-state index is 0.0407. The zero-order chi connectivity index (χ0) is 15.4. The van der Waals surface area contributed by atoms with Crippen LogP contribution < -0.4 is 5.32 Å². The molecule has 0 aromatic heterocycles. The molecule has 2 rings (SSSR count). The molecule has 0 radical (unpaired) electrons. The number of hydrogen-bond donors (Lipinski definition) is 1. The topological polar surface area (TPSA) is 29.1 Å². The molecule has 1 amide bonds. The molecular formula is C19H23NO. The molecule has 0 aliphatic heterocycles. The van der Waals surface area contributed by atoms with E-state index in [0.717, 1.165) is 5.69 Å². The Kier molecular flexibility index (Phi) is 4.79. The van der Waals surface area contributed by atoms with E-state index in [1.54, 1.807) is 0 Å². The number of anilines is 1. The van der Waals surface area contributed by atoms with E-state index in [1.165, 1.54) is 23.6 Å². The smallest absolute Gasteiger partial charge is 0.221 e. The Bertz CT molecular complexity index is 614. The molecule has 2 heteroatoms. The van der Waals surface area contributed by atoms with E-state index in [2.05, 4.69) is 56.4 Å². The van der Waals surface area contributed by atoms with Crippen molar-refractivity contribution < 1.29 is 4.79 Å². The first-order chi connectivity index (χ1) is 9.97. The van der Waals surface area contributed by atoms with Crippen LogP contribution in [0, 0.1) is 0 Å². The quantitative estimate of drug-likeness (QED) is 0.846. The average molecular weight is 281 g/mol. The van der Waals surface area contributed by atoms with Crippen LogP contribution in [0.15, 0.2) is 48.5 Å². The van der Waals surface area contributed by atoms with Crippen LogP contribution in [0.5, 0.6) is 0 Å². The summed E-state index contributed by atoms with van der Waals surface area (Å²) < 4.78 is 0. The number of amides is 1. The Balaban J connectivity index is 2.22. The fraction of sp³-hybridized carbons (Fsp3) is 0.316. The van der Waals surface area contributed by atoms with Crippen LogP contribution in [0.25, 0.3) is 0 Å². The summed E-state index contributed by atoms with van der Waals surface area (Å²) in [5, 5.41) is 2.84. The van der Waals surface area contributed by atoms with Crippen molar-refractivity contribution >= 4 is 11.6 Å². The molecule has 2 nitrogen and oxygen atoms in total. The zero-order valence-electron chi connectivity index (χ0n) is 13.2. The highest BCUT2D eigenvalue weighted by Gasteiger charge is 2.10. The van der Waals surface area contributed by atoms with Gasteiger partial charge in [0.25, 0.3) is 0 Å². The molecule has 1 unspecified atom stereocenters. The molecule has 0 spiro atoms. The Morgan fingerprint density at radius 1 is 0.905 bits per heavy atom. The molecule has 0 aliphatic carbocycles. The number of rotatable bonds is 4. The highest BCUT2D eigenvalue weighted by molar-refractivity contribution is 5.88. The van der Waals surface area contributed by atoms with Crippen molar-refractivity contribution in [2.45, 2.75) is 39.5 Å². The van der Waals surface area contributed by atoms with E-state index in [-0.39, 0.29) is 5.91 Å². The van der Waals surface area contributed by atoms with Gasteiger partial charge in [0.2, 0.25) is 5.91 Å². The van der Waals surface area contributed by atoms with Crippen molar-refractivity contribution in [2.24, 2.45) is 0 Å². The molecule has 0 saturated heterocycles. The van der Waals surface area contributed by atoms with Gasteiger partial charge in [0.15, 0.2) is 0 Å². The molecule has 1 atom stereocenters. The van der Waals surface area contributed by atoms with E-state index in [9.17, 15) is 4.79 Å². The number of benzene rings is 2. The van der Waals surface area contributed by atoms with Gasteiger partial charge in [-0.2, -0.15) is 0 Å². The molecule has 0 aliphatic rings. The average Bonchev–Trinajstić information content (AvgIpc) is 2.46. The van der Waals surface area contributed by atoms with Crippen LogP contribution in [-0.4, -0.2) is 5.91 Å². The Morgan fingerprint density at radius 3 is 2.10 bits per heavy atom. The summed E-state index contributed by atoms with van der Waals surface area (Å²) in [6.45, 7) is 8.13. The molecule has 0 heterocycles. The lowest BCUT2D eigenvalue weighted by atomic mass is 9.91. The second kappa shape index (κ2) is 6.57. The van der Waals surface area contributed by atoms with Crippen LogP contribution in [-0.2, 0) is 4.79 Å². The normalized spacial score (nSPS) is 12.2. The molecule has 0 saturated carbocycles. The van der Waals surface area contributed by atoms with Gasteiger partial charge in [-0.15, -0.1) is 0 Å². The van der Waals surface area contributed by atoms with Crippen LogP contribution in [0.1, 0.15) is 56.2 Å². The van der Waals surface area contributed by atoms with Gasteiger partial charge in [0, 0.05) is 18.5 Å². The maximum absolute atomic E-state index is 11.2. The number of nitrogens with one attached hydrogen (secondary N) is 1. The minimum Gasteiger partial charge on any atom is -0.326 e. The van der Waals surface area contributed by atoms with Crippen molar-refractivity contribution in [2.75, 3.05) is 5.32 Å². The first-order valence-electron chi connectivity index (χ1n) is 7.44. The van der Waals surface area contributed by atoms with E-state index < -0.39 is 0 Å². The number of carbonyl (C=O) groups excluding carboxylic acids is 1. The van der Waals surface area contributed by atoms with Crippen LogP contribution >= 0.6 is 0 Å². The zero-order valence-corrected chi connectivity index (χ0v) is 13.2. The SMILES string of the molecule is CC(=O)Nc1cccc(C(C)c2ccc(C(C)C)cc2)c1. The lowest BCUT2D eigenvalue weighted by Gasteiger charge is -2.15. The van der Waals surface area contributed by atoms with Crippen LogP contribution in [0.4, 0.5) is 5.69 Å². The van der Waals surface area contributed by atoms with E-state index in [1.807, 2.05) is 18.2 Å². The first kappa shape index (κ1) is 15.3. The van der Waals surface area contributed by atoms with Gasteiger partial charge in [0.1, 0.15) is 0 Å². The van der Waals surface area contributed by atoms with E-state index in [4.69, 9.17) is 0 Å². The predicted molar refractivity (Wildman–Crippen MR) is 88.8 cm³/mol.